The van der Waals surface area contributed by atoms with Crippen molar-refractivity contribution in [3.8, 4) is 0 Å². The third-order valence-electron chi connectivity index (χ3n) is 3.60. The molecule has 0 saturated carbocycles. The van der Waals surface area contributed by atoms with Crippen molar-refractivity contribution in [1.29, 1.82) is 0 Å². The lowest BCUT2D eigenvalue weighted by Gasteiger charge is -2.36. The normalized spacial score (nSPS) is 17.0. The minimum absolute atomic E-state index is 0. The van der Waals surface area contributed by atoms with Crippen LogP contribution in [0.3, 0.4) is 0 Å². The topological polar surface area (TPSA) is 15.3 Å². The van der Waals surface area contributed by atoms with Gasteiger partial charge in [-0.3, -0.25) is 4.90 Å². The van der Waals surface area contributed by atoms with Crippen molar-refractivity contribution in [3.05, 3.63) is 34.1 Å². The fourth-order valence-corrected chi connectivity index (χ4v) is 3.19. The van der Waals surface area contributed by atoms with Gasteiger partial charge in [0.2, 0.25) is 0 Å². The maximum absolute atomic E-state index is 13.6. The van der Waals surface area contributed by atoms with Crippen LogP contribution in [0.1, 0.15) is 31.9 Å². The molecule has 2 rings (SSSR count). The predicted octanol–water partition coefficient (Wildman–Crippen LogP) is 4.42. The summed E-state index contributed by atoms with van der Waals surface area (Å²) in [6.45, 7) is 8.54. The van der Waals surface area contributed by atoms with Gasteiger partial charge in [0.1, 0.15) is 5.82 Å². The zero-order valence-electron chi connectivity index (χ0n) is 12.4. The van der Waals surface area contributed by atoms with Crippen LogP contribution in [0.4, 0.5) is 4.39 Å². The highest BCUT2D eigenvalue weighted by Gasteiger charge is 2.24. The van der Waals surface area contributed by atoms with Crippen molar-refractivity contribution in [2.45, 2.75) is 26.3 Å². The Balaban J connectivity index is 0.00000200. The lowest BCUT2D eigenvalue weighted by Crippen LogP contribution is -2.45. The Kier molecular flexibility index (Phi) is 10.1. The molecular weight excluding hydrogens is 378 g/mol. The van der Waals surface area contributed by atoms with Gasteiger partial charge in [-0.25, -0.2) is 4.39 Å². The van der Waals surface area contributed by atoms with E-state index >= 15 is 0 Å². The Labute approximate surface area is 147 Å². The summed E-state index contributed by atoms with van der Waals surface area (Å²) >= 11 is 3.58. The van der Waals surface area contributed by atoms with E-state index in [9.17, 15) is 4.39 Å². The van der Waals surface area contributed by atoms with Crippen LogP contribution in [-0.2, 0) is 0 Å². The van der Waals surface area contributed by atoms with E-state index < -0.39 is 0 Å². The molecule has 1 atom stereocenters. The van der Waals surface area contributed by atoms with Crippen molar-refractivity contribution in [3.63, 3.8) is 0 Å². The maximum atomic E-state index is 13.6. The Morgan fingerprint density at radius 1 is 1.24 bits per heavy atom. The molecule has 1 aromatic rings. The standard InChI is InChI=1S/C15H22BrFN2.2ClH/c1-11(2)9-15(19-7-5-18-6-8-19)13-10-12(17)3-4-14(13)16;;/h3-4,10-11,15,18H,5-9H2,1-2H3;2*1H/t15-;;/m0../s1. The van der Waals surface area contributed by atoms with E-state index in [4.69, 9.17) is 0 Å². The van der Waals surface area contributed by atoms with E-state index in [1.165, 1.54) is 6.07 Å². The van der Waals surface area contributed by atoms with E-state index in [1.54, 1.807) is 6.07 Å². The van der Waals surface area contributed by atoms with E-state index in [1.807, 2.05) is 6.07 Å². The summed E-state index contributed by atoms with van der Waals surface area (Å²) in [7, 11) is 0. The summed E-state index contributed by atoms with van der Waals surface area (Å²) in [6, 6.07) is 5.31. The van der Waals surface area contributed by atoms with Crippen LogP contribution in [-0.4, -0.2) is 31.1 Å². The number of hydrogen-bond donors (Lipinski definition) is 1. The highest BCUT2D eigenvalue weighted by molar-refractivity contribution is 9.10. The molecule has 0 radical (unpaired) electrons. The van der Waals surface area contributed by atoms with Gasteiger partial charge in [0.05, 0.1) is 0 Å². The molecule has 1 aliphatic heterocycles. The van der Waals surface area contributed by atoms with Gasteiger partial charge in [0, 0.05) is 36.7 Å². The number of halogens is 4. The number of nitrogens with zero attached hydrogens (tertiary/aromatic N) is 1. The maximum Gasteiger partial charge on any atom is 0.123 e. The molecule has 6 heteroatoms. The van der Waals surface area contributed by atoms with Crippen LogP contribution in [0, 0.1) is 11.7 Å². The van der Waals surface area contributed by atoms with Gasteiger partial charge < -0.3 is 5.32 Å². The lowest BCUT2D eigenvalue weighted by atomic mass is 9.95. The monoisotopic (exact) mass is 400 g/mol. The third kappa shape index (κ3) is 6.03. The summed E-state index contributed by atoms with van der Waals surface area (Å²) < 4.78 is 14.6. The zero-order valence-corrected chi connectivity index (χ0v) is 15.7. The summed E-state index contributed by atoms with van der Waals surface area (Å²) in [6.07, 6.45) is 1.06. The zero-order chi connectivity index (χ0) is 13.8. The number of piperazine rings is 1. The van der Waals surface area contributed by atoms with E-state index in [-0.39, 0.29) is 30.6 Å². The van der Waals surface area contributed by atoms with Gasteiger partial charge in [-0.15, -0.1) is 24.8 Å². The molecule has 0 aliphatic carbocycles. The summed E-state index contributed by atoms with van der Waals surface area (Å²) in [5, 5.41) is 3.37. The predicted molar refractivity (Wildman–Crippen MR) is 95.2 cm³/mol. The van der Waals surface area contributed by atoms with Crippen molar-refractivity contribution < 1.29 is 4.39 Å². The molecule has 0 bridgehead atoms. The van der Waals surface area contributed by atoms with Crippen LogP contribution in [0.15, 0.2) is 22.7 Å². The lowest BCUT2D eigenvalue weighted by molar-refractivity contribution is 0.153. The Bertz CT molecular complexity index is 426. The fraction of sp³-hybridized carbons (Fsp3) is 0.600. The molecule has 0 unspecified atom stereocenters. The average molecular weight is 402 g/mol. The minimum Gasteiger partial charge on any atom is -0.314 e. The quantitative estimate of drug-likeness (QED) is 0.802. The molecule has 2 nitrogen and oxygen atoms in total. The first-order valence-corrected chi connectivity index (χ1v) is 7.77. The van der Waals surface area contributed by atoms with Gasteiger partial charge in [-0.1, -0.05) is 29.8 Å². The molecule has 21 heavy (non-hydrogen) atoms. The molecule has 1 N–H and O–H groups in total. The molecule has 1 aromatic carbocycles. The van der Waals surface area contributed by atoms with Crippen LogP contribution in [0.25, 0.3) is 0 Å². The molecule has 1 saturated heterocycles. The first kappa shape index (κ1) is 21.1. The molecule has 0 aromatic heterocycles. The summed E-state index contributed by atoms with van der Waals surface area (Å²) in [5.41, 5.74) is 1.08. The highest BCUT2D eigenvalue weighted by atomic mass is 79.9. The second kappa shape index (κ2) is 10.0. The summed E-state index contributed by atoms with van der Waals surface area (Å²) in [4.78, 5) is 2.47. The number of nitrogens with one attached hydrogen (secondary N) is 1. The smallest absolute Gasteiger partial charge is 0.123 e. The van der Waals surface area contributed by atoms with Gasteiger partial charge in [0.25, 0.3) is 0 Å². The number of benzene rings is 1. The molecule has 1 heterocycles. The largest absolute Gasteiger partial charge is 0.314 e. The fourth-order valence-electron chi connectivity index (χ4n) is 2.68. The number of rotatable bonds is 4. The van der Waals surface area contributed by atoms with Crippen molar-refractivity contribution in [1.82, 2.24) is 10.2 Å². The van der Waals surface area contributed by atoms with Gasteiger partial charge in [-0.05, 0) is 36.1 Å². The Hall–Kier alpha value is 0.130. The average Bonchev–Trinajstić information content (AvgIpc) is 2.40. The first-order chi connectivity index (χ1) is 9.08. The van der Waals surface area contributed by atoms with Crippen LogP contribution >= 0.6 is 40.7 Å². The first-order valence-electron chi connectivity index (χ1n) is 6.97. The third-order valence-corrected chi connectivity index (χ3v) is 4.33. The van der Waals surface area contributed by atoms with E-state index in [2.05, 4.69) is 40.0 Å². The van der Waals surface area contributed by atoms with Crippen LogP contribution in [0.5, 0.6) is 0 Å². The van der Waals surface area contributed by atoms with Gasteiger partial charge in [0.15, 0.2) is 0 Å². The highest BCUT2D eigenvalue weighted by Crippen LogP contribution is 2.33. The Morgan fingerprint density at radius 3 is 2.43 bits per heavy atom. The molecule has 0 amide bonds. The number of hydrogen-bond acceptors (Lipinski definition) is 2. The minimum atomic E-state index is -0.151. The van der Waals surface area contributed by atoms with Crippen molar-refractivity contribution >= 4 is 40.7 Å². The SMILES string of the molecule is CC(C)C[C@@H](c1cc(F)ccc1Br)N1CCNCC1.Cl.Cl. The molecule has 1 fully saturated rings. The second-order valence-corrected chi connectivity index (χ2v) is 6.45. The van der Waals surface area contributed by atoms with Crippen molar-refractivity contribution in [2.24, 2.45) is 5.92 Å². The van der Waals surface area contributed by atoms with Gasteiger partial charge >= 0.3 is 0 Å². The van der Waals surface area contributed by atoms with Crippen LogP contribution in [0.2, 0.25) is 0 Å². The van der Waals surface area contributed by atoms with E-state index in [0.717, 1.165) is 42.6 Å². The molecular formula is C15H24BrCl2FN2. The Morgan fingerprint density at radius 2 is 1.86 bits per heavy atom. The van der Waals surface area contributed by atoms with Gasteiger partial charge in [-0.2, -0.15) is 0 Å². The second-order valence-electron chi connectivity index (χ2n) is 5.60. The van der Waals surface area contributed by atoms with Crippen LogP contribution < -0.4 is 5.32 Å². The molecule has 1 aliphatic rings. The molecule has 122 valence electrons. The van der Waals surface area contributed by atoms with Crippen molar-refractivity contribution in [2.75, 3.05) is 26.2 Å². The molecule has 0 spiro atoms. The van der Waals surface area contributed by atoms with E-state index in [0.29, 0.717) is 12.0 Å². The summed E-state index contributed by atoms with van der Waals surface area (Å²) in [5.74, 6) is 0.442.